The third-order valence-corrected chi connectivity index (χ3v) is 7.08. The van der Waals surface area contributed by atoms with Crippen LogP contribution >= 0.6 is 11.3 Å². The Kier molecular flexibility index (Phi) is 6.34. The summed E-state index contributed by atoms with van der Waals surface area (Å²) >= 11 is 1.73. The summed E-state index contributed by atoms with van der Waals surface area (Å²) in [6.45, 7) is 1.31. The molecule has 2 aromatic carbocycles. The molecule has 2 heterocycles. The fourth-order valence-electron chi connectivity index (χ4n) is 4.45. The Balaban J connectivity index is 1.87. The number of ether oxygens (including phenoxy) is 3. The van der Waals surface area contributed by atoms with Gasteiger partial charge in [-0.15, -0.1) is 11.3 Å². The highest BCUT2D eigenvalue weighted by Gasteiger charge is 2.34. The summed E-state index contributed by atoms with van der Waals surface area (Å²) < 4.78 is 18.1. The number of nitrogens with zero attached hydrogens (tertiary/aromatic N) is 1. The van der Waals surface area contributed by atoms with Gasteiger partial charge in [0.25, 0.3) is 0 Å². The molecule has 7 heteroatoms. The minimum Gasteiger partial charge on any atom is -0.493 e. The van der Waals surface area contributed by atoms with Gasteiger partial charge in [0.1, 0.15) is 0 Å². The Labute approximate surface area is 186 Å². The van der Waals surface area contributed by atoms with Crippen LogP contribution in [0.5, 0.6) is 17.2 Å². The first-order valence-electron chi connectivity index (χ1n) is 10.3. The van der Waals surface area contributed by atoms with E-state index in [4.69, 9.17) is 14.2 Å². The highest BCUT2D eigenvalue weighted by atomic mass is 32.1. The van der Waals surface area contributed by atoms with Crippen LogP contribution in [0, 0.1) is 5.92 Å². The molecule has 1 fully saturated rings. The number of fused-ring (bicyclic) bond motifs is 1. The highest BCUT2D eigenvalue weighted by Crippen LogP contribution is 2.47. The zero-order valence-electron chi connectivity index (χ0n) is 18.0. The standard InChI is InChI=1S/C24H27NO5S/c1-28-18-11-10-17(22(29-2)23(18)30-3)21(25-12-6-8-16(14-25)24(26)27)20-13-15-7-4-5-9-19(15)31-20/h4-5,7,9-11,13,16,21H,6,8,12,14H2,1-3H3,(H,26,27). The molecule has 31 heavy (non-hydrogen) atoms. The Morgan fingerprint density at radius 1 is 1.10 bits per heavy atom. The second kappa shape index (κ2) is 9.16. The van der Waals surface area contributed by atoms with Crippen molar-refractivity contribution in [3.8, 4) is 17.2 Å². The molecule has 0 aliphatic carbocycles. The number of piperidine rings is 1. The van der Waals surface area contributed by atoms with Gasteiger partial charge in [0.05, 0.1) is 33.3 Å². The monoisotopic (exact) mass is 441 g/mol. The van der Waals surface area contributed by atoms with Gasteiger partial charge in [-0.3, -0.25) is 9.69 Å². The van der Waals surface area contributed by atoms with Crippen molar-refractivity contribution in [1.29, 1.82) is 0 Å². The van der Waals surface area contributed by atoms with Gasteiger partial charge in [0.15, 0.2) is 11.5 Å². The fourth-order valence-corrected chi connectivity index (χ4v) is 5.67. The molecule has 2 unspecified atom stereocenters. The van der Waals surface area contributed by atoms with Gasteiger partial charge in [-0.1, -0.05) is 18.2 Å². The summed E-state index contributed by atoms with van der Waals surface area (Å²) in [5.41, 5.74) is 0.942. The summed E-state index contributed by atoms with van der Waals surface area (Å²) in [5.74, 6) is 0.637. The molecule has 3 aromatic rings. The Morgan fingerprint density at radius 3 is 2.55 bits per heavy atom. The number of aliphatic carboxylic acids is 1. The molecule has 0 radical (unpaired) electrons. The molecule has 1 aliphatic heterocycles. The van der Waals surface area contributed by atoms with E-state index < -0.39 is 5.97 Å². The van der Waals surface area contributed by atoms with Gasteiger partial charge in [0.2, 0.25) is 5.75 Å². The van der Waals surface area contributed by atoms with Crippen molar-refractivity contribution >= 4 is 27.4 Å². The lowest BCUT2D eigenvalue weighted by atomic mass is 9.93. The van der Waals surface area contributed by atoms with E-state index in [2.05, 4.69) is 23.1 Å². The van der Waals surface area contributed by atoms with Gasteiger partial charge >= 0.3 is 5.97 Å². The molecule has 0 bridgehead atoms. The van der Waals surface area contributed by atoms with Gasteiger partial charge in [-0.05, 0) is 49.0 Å². The first-order chi connectivity index (χ1) is 15.1. The average Bonchev–Trinajstić information content (AvgIpc) is 3.22. The largest absolute Gasteiger partial charge is 0.493 e. The zero-order chi connectivity index (χ0) is 22.0. The minimum atomic E-state index is -0.737. The van der Waals surface area contributed by atoms with Gasteiger partial charge in [-0.25, -0.2) is 0 Å². The van der Waals surface area contributed by atoms with E-state index in [-0.39, 0.29) is 12.0 Å². The topological polar surface area (TPSA) is 68.2 Å². The summed E-state index contributed by atoms with van der Waals surface area (Å²) in [4.78, 5) is 15.2. The maximum atomic E-state index is 11.8. The summed E-state index contributed by atoms with van der Waals surface area (Å²) in [5, 5.41) is 10.8. The molecule has 164 valence electrons. The molecular weight excluding hydrogens is 414 g/mol. The summed E-state index contributed by atoms with van der Waals surface area (Å²) in [6.07, 6.45) is 1.54. The molecular formula is C24H27NO5S. The van der Waals surface area contributed by atoms with Crippen molar-refractivity contribution in [3.05, 3.63) is 52.9 Å². The molecule has 4 rings (SSSR count). The molecule has 1 N–H and O–H groups in total. The van der Waals surface area contributed by atoms with Crippen molar-refractivity contribution in [1.82, 2.24) is 4.90 Å². The molecule has 1 saturated heterocycles. The predicted octanol–water partition coefficient (Wildman–Crippen LogP) is 4.81. The fraction of sp³-hybridized carbons (Fsp3) is 0.375. The van der Waals surface area contributed by atoms with E-state index in [9.17, 15) is 9.90 Å². The van der Waals surface area contributed by atoms with Gasteiger partial charge in [0, 0.05) is 21.7 Å². The van der Waals surface area contributed by atoms with Crippen LogP contribution in [-0.2, 0) is 4.79 Å². The van der Waals surface area contributed by atoms with E-state index in [1.165, 1.54) is 10.1 Å². The number of carboxylic acids is 1. The lowest BCUT2D eigenvalue weighted by Crippen LogP contribution is -2.41. The van der Waals surface area contributed by atoms with Crippen molar-refractivity contribution in [3.63, 3.8) is 0 Å². The van der Waals surface area contributed by atoms with E-state index in [0.717, 1.165) is 23.4 Å². The molecule has 0 spiro atoms. The molecule has 2 atom stereocenters. The maximum absolute atomic E-state index is 11.8. The molecule has 1 aromatic heterocycles. The lowest BCUT2D eigenvalue weighted by molar-refractivity contribution is -0.143. The molecule has 0 saturated carbocycles. The highest BCUT2D eigenvalue weighted by molar-refractivity contribution is 7.19. The van der Waals surface area contributed by atoms with Crippen LogP contribution in [0.3, 0.4) is 0 Å². The number of hydrogen-bond acceptors (Lipinski definition) is 6. The van der Waals surface area contributed by atoms with Crippen LogP contribution in [0.1, 0.15) is 29.3 Å². The molecule has 1 aliphatic rings. The van der Waals surface area contributed by atoms with Crippen LogP contribution in [0.15, 0.2) is 42.5 Å². The van der Waals surface area contributed by atoms with Gasteiger partial charge < -0.3 is 19.3 Å². The van der Waals surface area contributed by atoms with Crippen LogP contribution in [-0.4, -0.2) is 50.4 Å². The Bertz CT molecular complexity index is 1050. The van der Waals surface area contributed by atoms with E-state index in [1.54, 1.807) is 32.7 Å². The van der Waals surface area contributed by atoms with Crippen molar-refractivity contribution in [2.75, 3.05) is 34.4 Å². The third-order valence-electron chi connectivity index (χ3n) is 5.91. The second-order valence-electron chi connectivity index (χ2n) is 7.69. The predicted molar refractivity (Wildman–Crippen MR) is 122 cm³/mol. The third kappa shape index (κ3) is 4.07. The quantitative estimate of drug-likeness (QED) is 0.567. The normalized spacial score (nSPS) is 18.0. The van der Waals surface area contributed by atoms with Crippen LogP contribution in [0.25, 0.3) is 10.1 Å². The SMILES string of the molecule is COc1ccc(C(c2cc3ccccc3s2)N2CCCC(C(=O)O)C2)c(OC)c1OC. The van der Waals surface area contributed by atoms with E-state index in [0.29, 0.717) is 30.2 Å². The van der Waals surface area contributed by atoms with Gasteiger partial charge in [-0.2, -0.15) is 0 Å². The number of carboxylic acid groups (broad SMARTS) is 1. The maximum Gasteiger partial charge on any atom is 0.307 e. The number of methoxy groups -OCH3 is 3. The number of rotatable bonds is 7. The second-order valence-corrected chi connectivity index (χ2v) is 8.80. The summed E-state index contributed by atoms with van der Waals surface area (Å²) in [6, 6.07) is 14.2. The number of benzene rings is 2. The Morgan fingerprint density at radius 2 is 1.87 bits per heavy atom. The van der Waals surface area contributed by atoms with Crippen molar-refractivity contribution in [2.45, 2.75) is 18.9 Å². The van der Waals surface area contributed by atoms with Crippen molar-refractivity contribution in [2.24, 2.45) is 5.92 Å². The van der Waals surface area contributed by atoms with E-state index in [1.807, 2.05) is 24.3 Å². The first kappa shape index (κ1) is 21.5. The number of likely N-dealkylation sites (tertiary alicyclic amines) is 1. The average molecular weight is 442 g/mol. The number of thiophene rings is 1. The molecule has 0 amide bonds. The van der Waals surface area contributed by atoms with Crippen LogP contribution in [0.4, 0.5) is 0 Å². The number of hydrogen-bond donors (Lipinski definition) is 1. The lowest BCUT2D eigenvalue weighted by Gasteiger charge is -2.37. The summed E-state index contributed by atoms with van der Waals surface area (Å²) in [7, 11) is 4.82. The zero-order valence-corrected chi connectivity index (χ0v) is 18.8. The van der Waals surface area contributed by atoms with E-state index >= 15 is 0 Å². The van der Waals surface area contributed by atoms with Crippen LogP contribution in [0.2, 0.25) is 0 Å². The Hall–Kier alpha value is -2.77. The number of carbonyl (C=O) groups is 1. The van der Waals surface area contributed by atoms with Crippen LogP contribution < -0.4 is 14.2 Å². The smallest absolute Gasteiger partial charge is 0.307 e. The minimum absolute atomic E-state index is 0.144. The molecule has 6 nitrogen and oxygen atoms in total. The first-order valence-corrected chi connectivity index (χ1v) is 11.1. The van der Waals surface area contributed by atoms with Crippen molar-refractivity contribution < 1.29 is 24.1 Å².